The van der Waals surface area contributed by atoms with E-state index in [0.29, 0.717) is 0 Å². The molecule has 108 valence electrons. The average Bonchev–Trinajstić information content (AvgIpc) is 2.96. The maximum atomic E-state index is 12.6. The summed E-state index contributed by atoms with van der Waals surface area (Å²) >= 11 is 0. The highest BCUT2D eigenvalue weighted by Crippen LogP contribution is 2.27. The van der Waals surface area contributed by atoms with Crippen LogP contribution in [0.15, 0.2) is 18.5 Å². The van der Waals surface area contributed by atoms with Crippen LogP contribution < -0.4 is 10.2 Å². The van der Waals surface area contributed by atoms with Gasteiger partial charge in [-0.1, -0.05) is 0 Å². The summed E-state index contributed by atoms with van der Waals surface area (Å²) < 4.78 is 0. The molecule has 6 nitrogen and oxygen atoms in total. The van der Waals surface area contributed by atoms with Crippen LogP contribution in [0.25, 0.3) is 0 Å². The summed E-state index contributed by atoms with van der Waals surface area (Å²) in [6, 6.07) is 1.82. The normalized spacial score (nSPS) is 26.9. The lowest BCUT2D eigenvalue weighted by atomic mass is 9.88. The predicted octanol–water partition coefficient (Wildman–Crippen LogP) is 0.125. The van der Waals surface area contributed by atoms with Gasteiger partial charge in [-0.2, -0.15) is 0 Å². The number of hydrogen-bond acceptors (Lipinski definition) is 5. The summed E-state index contributed by atoms with van der Waals surface area (Å²) in [5.74, 6) is 1.05. The number of amides is 1. The molecule has 2 aliphatic heterocycles. The van der Waals surface area contributed by atoms with Crippen molar-refractivity contribution in [3.8, 4) is 0 Å². The van der Waals surface area contributed by atoms with Crippen LogP contribution in [0.3, 0.4) is 0 Å². The van der Waals surface area contributed by atoms with Crippen molar-refractivity contribution < 1.29 is 4.79 Å². The summed E-state index contributed by atoms with van der Waals surface area (Å²) in [7, 11) is 0. The maximum Gasteiger partial charge on any atom is 0.229 e. The standard InChI is InChI=1S/C14H21N5O/c1-14(3-6-15-11-14)12(20)18-7-9-19(10-8-18)13-16-4-2-5-17-13/h2,4-5,15H,3,6-11H2,1H3. The molecule has 1 unspecified atom stereocenters. The molecule has 20 heavy (non-hydrogen) atoms. The van der Waals surface area contributed by atoms with Crippen LogP contribution in [0.2, 0.25) is 0 Å². The molecule has 1 aromatic rings. The smallest absolute Gasteiger partial charge is 0.229 e. The molecule has 1 atom stereocenters. The Balaban J connectivity index is 1.60. The molecule has 0 aliphatic carbocycles. The van der Waals surface area contributed by atoms with Crippen molar-refractivity contribution in [3.05, 3.63) is 18.5 Å². The van der Waals surface area contributed by atoms with Crippen molar-refractivity contribution in [2.24, 2.45) is 5.41 Å². The second-order valence-electron chi connectivity index (χ2n) is 5.82. The maximum absolute atomic E-state index is 12.6. The molecule has 0 aromatic carbocycles. The minimum atomic E-state index is -0.217. The quantitative estimate of drug-likeness (QED) is 0.831. The Morgan fingerprint density at radius 1 is 1.25 bits per heavy atom. The first-order chi connectivity index (χ1) is 9.69. The van der Waals surface area contributed by atoms with E-state index in [4.69, 9.17) is 0 Å². The highest BCUT2D eigenvalue weighted by molar-refractivity contribution is 5.83. The number of hydrogen-bond donors (Lipinski definition) is 1. The zero-order chi connectivity index (χ0) is 14.0. The van der Waals surface area contributed by atoms with Gasteiger partial charge in [0.05, 0.1) is 5.41 Å². The first kappa shape index (κ1) is 13.3. The molecule has 1 amide bonds. The van der Waals surface area contributed by atoms with E-state index in [1.807, 2.05) is 11.0 Å². The molecule has 2 fully saturated rings. The van der Waals surface area contributed by atoms with E-state index in [1.165, 1.54) is 0 Å². The molecule has 2 saturated heterocycles. The molecule has 1 N–H and O–H groups in total. The molecule has 0 radical (unpaired) electrons. The van der Waals surface area contributed by atoms with Gasteiger partial charge >= 0.3 is 0 Å². The van der Waals surface area contributed by atoms with Crippen LogP contribution in [-0.4, -0.2) is 60.0 Å². The third kappa shape index (κ3) is 2.47. The first-order valence-corrected chi connectivity index (χ1v) is 7.21. The number of anilines is 1. The van der Waals surface area contributed by atoms with Gasteiger partial charge in [0, 0.05) is 45.1 Å². The van der Waals surface area contributed by atoms with Crippen LogP contribution in [-0.2, 0) is 4.79 Å². The largest absolute Gasteiger partial charge is 0.339 e. The molecular weight excluding hydrogens is 254 g/mol. The van der Waals surface area contributed by atoms with Crippen molar-refractivity contribution in [1.29, 1.82) is 0 Å². The summed E-state index contributed by atoms with van der Waals surface area (Å²) in [6.07, 6.45) is 4.45. The van der Waals surface area contributed by atoms with Gasteiger partial charge in [0.1, 0.15) is 0 Å². The molecule has 0 spiro atoms. The Labute approximate surface area is 119 Å². The van der Waals surface area contributed by atoms with E-state index in [0.717, 1.165) is 51.6 Å². The first-order valence-electron chi connectivity index (χ1n) is 7.21. The van der Waals surface area contributed by atoms with E-state index < -0.39 is 0 Å². The molecule has 3 rings (SSSR count). The molecule has 2 aliphatic rings. The number of nitrogens with one attached hydrogen (secondary N) is 1. The van der Waals surface area contributed by atoms with Crippen LogP contribution in [0, 0.1) is 5.41 Å². The van der Waals surface area contributed by atoms with Gasteiger partial charge in [-0.25, -0.2) is 9.97 Å². The third-order valence-electron chi connectivity index (χ3n) is 4.29. The van der Waals surface area contributed by atoms with Crippen LogP contribution in [0.1, 0.15) is 13.3 Å². The van der Waals surface area contributed by atoms with Gasteiger partial charge in [-0.3, -0.25) is 4.79 Å². The van der Waals surface area contributed by atoms with Crippen LogP contribution in [0.4, 0.5) is 5.95 Å². The number of aromatic nitrogens is 2. The molecular formula is C14H21N5O. The second-order valence-corrected chi connectivity index (χ2v) is 5.82. The molecule has 1 aromatic heterocycles. The van der Waals surface area contributed by atoms with Gasteiger partial charge in [0.2, 0.25) is 11.9 Å². The molecule has 0 bridgehead atoms. The Hall–Kier alpha value is -1.69. The summed E-state index contributed by atoms with van der Waals surface area (Å²) in [4.78, 5) is 25.3. The number of piperazine rings is 1. The lowest BCUT2D eigenvalue weighted by Gasteiger charge is -2.38. The fraction of sp³-hybridized carbons (Fsp3) is 0.643. The SMILES string of the molecule is CC1(C(=O)N2CCN(c3ncccn3)CC2)CCNC1. The minimum absolute atomic E-state index is 0.217. The molecule has 3 heterocycles. The van der Waals surface area contributed by atoms with E-state index in [2.05, 4.69) is 27.1 Å². The van der Waals surface area contributed by atoms with Crippen molar-refractivity contribution in [3.63, 3.8) is 0 Å². The van der Waals surface area contributed by atoms with Crippen molar-refractivity contribution in [2.45, 2.75) is 13.3 Å². The topological polar surface area (TPSA) is 61.4 Å². The molecule has 6 heteroatoms. The lowest BCUT2D eigenvalue weighted by molar-refractivity contribution is -0.140. The van der Waals surface area contributed by atoms with E-state index in [1.54, 1.807) is 12.4 Å². The van der Waals surface area contributed by atoms with Crippen molar-refractivity contribution in [1.82, 2.24) is 20.2 Å². The zero-order valence-electron chi connectivity index (χ0n) is 11.9. The van der Waals surface area contributed by atoms with E-state index in [9.17, 15) is 4.79 Å². The second kappa shape index (κ2) is 5.36. The Morgan fingerprint density at radius 2 is 1.95 bits per heavy atom. The van der Waals surface area contributed by atoms with Crippen LogP contribution in [0.5, 0.6) is 0 Å². The number of nitrogens with zero attached hydrogens (tertiary/aromatic N) is 4. The van der Waals surface area contributed by atoms with Crippen molar-refractivity contribution >= 4 is 11.9 Å². The third-order valence-corrected chi connectivity index (χ3v) is 4.29. The number of carbonyl (C=O) groups is 1. The highest BCUT2D eigenvalue weighted by Gasteiger charge is 2.40. The number of carbonyl (C=O) groups excluding carboxylic acids is 1. The summed E-state index contributed by atoms with van der Waals surface area (Å²) in [6.45, 7) is 6.94. The van der Waals surface area contributed by atoms with Gasteiger partial charge in [0.15, 0.2) is 0 Å². The lowest BCUT2D eigenvalue weighted by Crippen LogP contribution is -2.53. The van der Waals surface area contributed by atoms with E-state index >= 15 is 0 Å². The average molecular weight is 275 g/mol. The highest BCUT2D eigenvalue weighted by atomic mass is 16.2. The predicted molar refractivity (Wildman–Crippen MR) is 76.4 cm³/mol. The Bertz CT molecular complexity index is 464. The van der Waals surface area contributed by atoms with Crippen molar-refractivity contribution in [2.75, 3.05) is 44.2 Å². The molecule has 0 saturated carbocycles. The zero-order valence-corrected chi connectivity index (χ0v) is 11.9. The minimum Gasteiger partial charge on any atom is -0.339 e. The fourth-order valence-corrected chi connectivity index (χ4v) is 2.95. The van der Waals surface area contributed by atoms with Crippen LogP contribution >= 0.6 is 0 Å². The monoisotopic (exact) mass is 275 g/mol. The van der Waals surface area contributed by atoms with Gasteiger partial charge in [-0.05, 0) is 26.0 Å². The number of rotatable bonds is 2. The van der Waals surface area contributed by atoms with E-state index in [-0.39, 0.29) is 11.3 Å². The summed E-state index contributed by atoms with van der Waals surface area (Å²) in [5, 5.41) is 3.29. The van der Waals surface area contributed by atoms with Gasteiger partial charge < -0.3 is 15.1 Å². The Morgan fingerprint density at radius 3 is 2.55 bits per heavy atom. The van der Waals surface area contributed by atoms with Gasteiger partial charge in [-0.15, -0.1) is 0 Å². The van der Waals surface area contributed by atoms with Gasteiger partial charge in [0.25, 0.3) is 0 Å². The Kier molecular flexibility index (Phi) is 3.56. The fourth-order valence-electron chi connectivity index (χ4n) is 2.95. The summed E-state index contributed by atoms with van der Waals surface area (Å²) in [5.41, 5.74) is -0.217.